The highest BCUT2D eigenvalue weighted by atomic mass is 35.5. The maximum Gasteiger partial charge on any atom is 0.335 e. The van der Waals surface area contributed by atoms with Gasteiger partial charge in [0.05, 0.1) is 12.2 Å². The Morgan fingerprint density at radius 2 is 1.66 bits per heavy atom. The molecule has 0 atom stereocenters. The van der Waals surface area contributed by atoms with Crippen molar-refractivity contribution in [3.63, 3.8) is 0 Å². The Morgan fingerprint density at radius 3 is 2.34 bits per heavy atom. The number of nitrogens with zero attached hydrogens (tertiary/aromatic N) is 1. The van der Waals surface area contributed by atoms with Crippen LogP contribution in [0.1, 0.15) is 64.4 Å². The number of allylic oxidation sites excluding steroid dienone is 2. The van der Waals surface area contributed by atoms with Crippen molar-refractivity contribution in [3.05, 3.63) is 110 Å². The van der Waals surface area contributed by atoms with Crippen molar-refractivity contribution in [2.45, 2.75) is 32.6 Å². The summed E-state index contributed by atoms with van der Waals surface area (Å²) in [5.41, 5.74) is 10.5. The smallest absolute Gasteiger partial charge is 0.335 e. The summed E-state index contributed by atoms with van der Waals surface area (Å²) in [6.07, 6.45) is 3.08. The van der Waals surface area contributed by atoms with Gasteiger partial charge in [0.25, 0.3) is 0 Å². The Bertz CT molecular complexity index is 1430. The van der Waals surface area contributed by atoms with E-state index in [1.54, 1.807) is 18.2 Å². The van der Waals surface area contributed by atoms with Crippen LogP contribution in [0.2, 0.25) is 10.0 Å². The molecule has 3 nitrogen and oxygen atoms in total. The van der Waals surface area contributed by atoms with Crippen molar-refractivity contribution < 1.29 is 14.3 Å². The first-order chi connectivity index (χ1) is 18.4. The molecule has 3 aromatic carbocycles. The summed E-state index contributed by atoms with van der Waals surface area (Å²) < 4.78 is 12.5. The van der Waals surface area contributed by atoms with Crippen LogP contribution >= 0.6 is 23.2 Å². The number of rotatable bonds is 7. The number of carboxylic acids is 1. The van der Waals surface area contributed by atoms with Gasteiger partial charge in [-0.15, -0.1) is 0 Å². The molecule has 2 aliphatic rings. The molecule has 0 aromatic heterocycles. The monoisotopic (exact) mass is 549 g/mol. The quantitative estimate of drug-likeness (QED) is 0.321. The van der Waals surface area contributed by atoms with Crippen LogP contribution in [0.25, 0.3) is 16.7 Å². The molecule has 1 N–H and O–H groups in total. The predicted octanol–water partition coefficient (Wildman–Crippen LogP) is 8.44. The normalized spacial score (nSPS) is 15.6. The number of hydrogen-bond donors (Lipinski definition) is 1. The molecule has 38 heavy (non-hydrogen) atoms. The molecule has 0 amide bonds. The van der Waals surface area contributed by atoms with Crippen molar-refractivity contribution in [3.8, 4) is 0 Å². The maximum atomic E-state index is 12.5. The average molecular weight is 551 g/mol. The third-order valence-electron chi connectivity index (χ3n) is 7.63. The van der Waals surface area contributed by atoms with Gasteiger partial charge in [0.2, 0.25) is 0 Å². The van der Waals surface area contributed by atoms with Crippen molar-refractivity contribution in [1.82, 2.24) is 4.90 Å². The number of carbonyl (C=O) groups is 1. The van der Waals surface area contributed by atoms with E-state index in [0.29, 0.717) is 22.0 Å². The standard InChI is InChI=1S/C32H30Cl2FNO2/c1-20(25-18-36(19-25)15-3-14-35)21-6-8-22(9-7-21)31-27-12-10-24(32(37)38)16-23(27)4-2-5-29(31)28-13-11-26(33)17-30(28)34/h6-13,16-17H,2-5,14-15,18-19H2,1H3,(H,37,38). The van der Waals surface area contributed by atoms with Gasteiger partial charge in [-0.2, -0.15) is 0 Å². The molecular weight excluding hydrogens is 520 g/mol. The second kappa shape index (κ2) is 11.4. The average Bonchev–Trinajstić information content (AvgIpc) is 3.07. The van der Waals surface area contributed by atoms with Gasteiger partial charge >= 0.3 is 5.97 Å². The van der Waals surface area contributed by atoms with Gasteiger partial charge in [-0.05, 0) is 107 Å². The summed E-state index contributed by atoms with van der Waals surface area (Å²) >= 11 is 12.9. The van der Waals surface area contributed by atoms with E-state index in [9.17, 15) is 14.3 Å². The zero-order chi connectivity index (χ0) is 26.8. The summed E-state index contributed by atoms with van der Waals surface area (Å²) in [5.74, 6) is -0.921. The summed E-state index contributed by atoms with van der Waals surface area (Å²) in [6, 6.07) is 19.7. The van der Waals surface area contributed by atoms with Crippen molar-refractivity contribution in [1.29, 1.82) is 0 Å². The number of likely N-dealkylation sites (tertiary alicyclic amines) is 1. The number of aromatic carboxylic acids is 1. The lowest BCUT2D eigenvalue weighted by Gasteiger charge is -2.35. The number of hydrogen-bond acceptors (Lipinski definition) is 2. The molecule has 1 fully saturated rings. The van der Waals surface area contributed by atoms with E-state index in [2.05, 4.69) is 36.1 Å². The number of benzene rings is 3. The van der Waals surface area contributed by atoms with Crippen molar-refractivity contribution in [2.24, 2.45) is 0 Å². The second-order valence-corrected chi connectivity index (χ2v) is 10.9. The number of fused-ring (bicyclic) bond motifs is 1. The first-order valence-electron chi connectivity index (χ1n) is 13.0. The number of alkyl halides is 1. The Morgan fingerprint density at radius 1 is 0.947 bits per heavy atom. The first-order valence-corrected chi connectivity index (χ1v) is 13.7. The van der Waals surface area contributed by atoms with Crippen molar-refractivity contribution in [2.75, 3.05) is 26.3 Å². The molecule has 6 heteroatoms. The van der Waals surface area contributed by atoms with Gasteiger partial charge in [-0.3, -0.25) is 9.29 Å². The maximum absolute atomic E-state index is 12.5. The lowest BCUT2D eigenvalue weighted by atomic mass is 9.86. The van der Waals surface area contributed by atoms with Crippen LogP contribution in [0.4, 0.5) is 4.39 Å². The van der Waals surface area contributed by atoms with E-state index < -0.39 is 5.97 Å². The first kappa shape index (κ1) is 26.7. The molecule has 0 unspecified atom stereocenters. The third-order valence-corrected chi connectivity index (χ3v) is 8.17. The molecule has 3 aromatic rings. The van der Waals surface area contributed by atoms with Gasteiger partial charge in [0, 0.05) is 29.7 Å². The molecule has 1 heterocycles. The number of halogens is 3. The molecule has 196 valence electrons. The van der Waals surface area contributed by atoms with Gasteiger partial charge in [-0.25, -0.2) is 4.79 Å². The summed E-state index contributed by atoms with van der Waals surface area (Å²) in [4.78, 5) is 13.9. The highest BCUT2D eigenvalue weighted by Gasteiger charge is 2.24. The Balaban J connectivity index is 1.58. The van der Waals surface area contributed by atoms with Crippen LogP contribution in [-0.4, -0.2) is 42.3 Å². The Labute approximate surface area is 233 Å². The van der Waals surface area contributed by atoms with Crippen LogP contribution in [0.15, 0.2) is 66.2 Å². The zero-order valence-electron chi connectivity index (χ0n) is 21.4. The molecule has 0 radical (unpaired) electrons. The van der Waals surface area contributed by atoms with E-state index in [0.717, 1.165) is 72.3 Å². The Hall–Kier alpha value is -2.92. The van der Waals surface area contributed by atoms with Crippen LogP contribution in [-0.2, 0) is 6.42 Å². The highest BCUT2D eigenvalue weighted by Crippen LogP contribution is 2.42. The largest absolute Gasteiger partial charge is 0.478 e. The lowest BCUT2D eigenvalue weighted by molar-refractivity contribution is 0.0696. The topological polar surface area (TPSA) is 40.5 Å². The predicted molar refractivity (Wildman–Crippen MR) is 155 cm³/mol. The van der Waals surface area contributed by atoms with E-state index >= 15 is 0 Å². The fraction of sp³-hybridized carbons (Fsp3) is 0.281. The zero-order valence-corrected chi connectivity index (χ0v) is 22.9. The minimum absolute atomic E-state index is 0.268. The molecule has 1 saturated heterocycles. The van der Waals surface area contributed by atoms with Crippen molar-refractivity contribution >= 4 is 45.9 Å². The fourth-order valence-electron chi connectivity index (χ4n) is 5.52. The minimum atomic E-state index is -0.921. The lowest BCUT2D eigenvalue weighted by Crippen LogP contribution is -2.41. The molecule has 0 spiro atoms. The van der Waals surface area contributed by atoms with E-state index in [-0.39, 0.29) is 6.67 Å². The van der Waals surface area contributed by atoms with Crippen LogP contribution in [0.3, 0.4) is 0 Å². The second-order valence-electron chi connectivity index (χ2n) is 10.1. The fourth-order valence-corrected chi connectivity index (χ4v) is 6.04. The third kappa shape index (κ3) is 5.44. The summed E-state index contributed by atoms with van der Waals surface area (Å²) in [6.45, 7) is 4.49. The number of carboxylic acid groups (broad SMARTS) is 1. The molecule has 5 rings (SSSR count). The number of aryl methyl sites for hydroxylation is 1. The molecule has 0 saturated carbocycles. The van der Waals surface area contributed by atoms with E-state index in [1.807, 2.05) is 18.2 Å². The van der Waals surface area contributed by atoms with Gasteiger partial charge in [0.15, 0.2) is 0 Å². The molecule has 0 bridgehead atoms. The van der Waals surface area contributed by atoms with E-state index in [1.165, 1.54) is 16.7 Å². The summed E-state index contributed by atoms with van der Waals surface area (Å²) in [7, 11) is 0. The van der Waals surface area contributed by atoms with Crippen LogP contribution in [0, 0.1) is 0 Å². The highest BCUT2D eigenvalue weighted by molar-refractivity contribution is 6.36. The van der Waals surface area contributed by atoms with E-state index in [4.69, 9.17) is 23.2 Å². The molecular formula is C32H30Cl2FNO2. The molecule has 1 aliphatic carbocycles. The van der Waals surface area contributed by atoms with Gasteiger partial charge in [-0.1, -0.05) is 59.6 Å². The van der Waals surface area contributed by atoms with Crippen LogP contribution in [0.5, 0.6) is 0 Å². The minimum Gasteiger partial charge on any atom is -0.478 e. The van der Waals surface area contributed by atoms with Gasteiger partial charge < -0.3 is 5.11 Å². The molecule has 1 aliphatic heterocycles. The van der Waals surface area contributed by atoms with Crippen LogP contribution < -0.4 is 0 Å². The Kier molecular flexibility index (Phi) is 8.04. The summed E-state index contributed by atoms with van der Waals surface area (Å²) in [5, 5.41) is 10.8. The van der Waals surface area contributed by atoms with Gasteiger partial charge in [0.1, 0.15) is 0 Å². The SMILES string of the molecule is CC(=C1CN(CCCF)C1)c1ccc(C2=C(c3ccc(Cl)cc3Cl)CCCc3cc(C(=O)O)ccc32)cc1.